The van der Waals surface area contributed by atoms with Crippen LogP contribution in [0.5, 0.6) is 0 Å². The lowest BCUT2D eigenvalue weighted by molar-refractivity contribution is -0.137. The van der Waals surface area contributed by atoms with Gasteiger partial charge in [0.05, 0.1) is 6.10 Å². The Bertz CT molecular complexity index is 532. The summed E-state index contributed by atoms with van der Waals surface area (Å²) in [4.78, 5) is 22.9. The Hall–Kier alpha value is -1.42. The molecule has 0 saturated heterocycles. The van der Waals surface area contributed by atoms with Crippen molar-refractivity contribution >= 4 is 11.8 Å². The van der Waals surface area contributed by atoms with E-state index in [0.717, 1.165) is 25.7 Å². The fraction of sp³-hybridized carbons (Fsp3) is 0.739. The Morgan fingerprint density at radius 2 is 2.00 bits per heavy atom. The predicted octanol–water partition coefficient (Wildman–Crippen LogP) is 5.16. The maximum Gasteiger partial charge on any atom is 0.303 e. The molecule has 0 heterocycles. The summed E-state index contributed by atoms with van der Waals surface area (Å²) in [5, 5.41) is 19.2. The van der Waals surface area contributed by atoms with Crippen LogP contribution in [-0.2, 0) is 9.59 Å². The lowest BCUT2D eigenvalue weighted by Gasteiger charge is -2.29. The first-order valence-corrected chi connectivity index (χ1v) is 10.4. The number of carboxylic acids is 1. The van der Waals surface area contributed by atoms with Crippen molar-refractivity contribution in [3.05, 3.63) is 24.3 Å². The quantitative estimate of drug-likeness (QED) is 0.363. The number of hydrogen-bond acceptors (Lipinski definition) is 3. The van der Waals surface area contributed by atoms with E-state index in [1.165, 1.54) is 0 Å². The second kappa shape index (κ2) is 11.4. The molecule has 0 radical (unpaired) electrons. The number of carbonyl (C=O) groups excluding carboxylic acids is 1. The lowest BCUT2D eigenvalue weighted by Crippen LogP contribution is -2.28. The van der Waals surface area contributed by atoms with Gasteiger partial charge in [0.25, 0.3) is 0 Å². The van der Waals surface area contributed by atoms with E-state index >= 15 is 0 Å². The molecule has 154 valence electrons. The summed E-state index contributed by atoms with van der Waals surface area (Å²) in [6, 6.07) is 0. The summed E-state index contributed by atoms with van der Waals surface area (Å²) >= 11 is 0. The predicted molar refractivity (Wildman–Crippen MR) is 109 cm³/mol. The van der Waals surface area contributed by atoms with Gasteiger partial charge in [-0.3, -0.25) is 9.59 Å². The van der Waals surface area contributed by atoms with E-state index in [1.807, 2.05) is 18.2 Å². The summed E-state index contributed by atoms with van der Waals surface area (Å²) < 4.78 is 0. The molecule has 0 amide bonds. The van der Waals surface area contributed by atoms with Gasteiger partial charge in [0, 0.05) is 18.8 Å². The molecule has 4 heteroatoms. The van der Waals surface area contributed by atoms with E-state index in [9.17, 15) is 14.7 Å². The van der Waals surface area contributed by atoms with Crippen molar-refractivity contribution in [2.24, 2.45) is 23.2 Å². The number of aliphatic carboxylic acids is 1. The number of ketones is 1. The molecule has 0 aromatic heterocycles. The molecule has 1 aliphatic carbocycles. The maximum absolute atomic E-state index is 12.4. The van der Waals surface area contributed by atoms with Crippen molar-refractivity contribution in [1.29, 1.82) is 0 Å². The number of aliphatic hydroxyl groups excluding tert-OH is 1. The van der Waals surface area contributed by atoms with E-state index in [2.05, 4.69) is 33.8 Å². The summed E-state index contributed by atoms with van der Waals surface area (Å²) in [5.41, 5.74) is -0.155. The molecule has 0 aliphatic heterocycles. The lowest BCUT2D eigenvalue weighted by atomic mass is 9.80. The van der Waals surface area contributed by atoms with Gasteiger partial charge in [-0.2, -0.15) is 0 Å². The topological polar surface area (TPSA) is 74.6 Å². The highest BCUT2D eigenvalue weighted by molar-refractivity contribution is 5.84. The van der Waals surface area contributed by atoms with Crippen molar-refractivity contribution in [2.75, 3.05) is 0 Å². The Labute approximate surface area is 164 Å². The molecule has 1 rings (SSSR count). The number of hydrogen-bond donors (Lipinski definition) is 2. The van der Waals surface area contributed by atoms with Gasteiger partial charge in [-0.25, -0.2) is 0 Å². The summed E-state index contributed by atoms with van der Waals surface area (Å²) in [6.45, 7) is 8.46. The first-order valence-electron chi connectivity index (χ1n) is 10.4. The van der Waals surface area contributed by atoms with Crippen LogP contribution in [0.2, 0.25) is 0 Å². The first-order chi connectivity index (χ1) is 12.7. The van der Waals surface area contributed by atoms with Gasteiger partial charge < -0.3 is 10.2 Å². The van der Waals surface area contributed by atoms with Gasteiger partial charge in [-0.1, -0.05) is 64.8 Å². The van der Waals surface area contributed by atoms with Crippen LogP contribution in [0.1, 0.15) is 79.1 Å². The first kappa shape index (κ1) is 23.6. The Morgan fingerprint density at radius 3 is 2.63 bits per heavy atom. The van der Waals surface area contributed by atoms with Crippen LogP contribution in [-0.4, -0.2) is 28.1 Å². The number of carbonyl (C=O) groups is 2. The third-order valence-corrected chi connectivity index (χ3v) is 5.87. The van der Waals surface area contributed by atoms with Crippen LogP contribution in [0, 0.1) is 23.2 Å². The molecule has 0 bridgehead atoms. The van der Waals surface area contributed by atoms with Crippen molar-refractivity contribution in [3.8, 4) is 0 Å². The number of Topliss-reactive ketones (excluding diaryl/α,β-unsaturated/α-hetero) is 1. The van der Waals surface area contributed by atoms with Gasteiger partial charge in [0.15, 0.2) is 0 Å². The number of aliphatic hydroxyl groups is 1. The standard InChI is InChI=1S/C23H38O4/c1-5-6-15-23(3,4)21(25)14-13-18-17(2)16-20(24)19(18)11-9-7-8-10-12-22(26)27/h7,9,13-14,17-19,21,25H,5-6,8,10-12,15-16H2,1-4H3,(H,26,27)/t17-,18-,19-,21-/m1/s1. The average molecular weight is 379 g/mol. The fourth-order valence-corrected chi connectivity index (χ4v) is 3.83. The summed E-state index contributed by atoms with van der Waals surface area (Å²) in [7, 11) is 0. The Morgan fingerprint density at radius 1 is 1.30 bits per heavy atom. The van der Waals surface area contributed by atoms with Gasteiger partial charge in [-0.05, 0) is 42.9 Å². The van der Waals surface area contributed by atoms with Crippen LogP contribution in [0.15, 0.2) is 24.3 Å². The normalized spacial score (nSPS) is 24.9. The largest absolute Gasteiger partial charge is 0.481 e. The van der Waals surface area contributed by atoms with Crippen molar-refractivity contribution in [3.63, 3.8) is 0 Å². The highest BCUT2D eigenvalue weighted by Gasteiger charge is 2.38. The fourth-order valence-electron chi connectivity index (χ4n) is 3.83. The third-order valence-electron chi connectivity index (χ3n) is 5.87. The molecule has 0 unspecified atom stereocenters. The summed E-state index contributed by atoms with van der Waals surface area (Å²) in [5.74, 6) is -0.0401. The second-order valence-electron chi connectivity index (χ2n) is 8.75. The number of allylic oxidation sites excluding steroid dienone is 3. The molecule has 1 saturated carbocycles. The van der Waals surface area contributed by atoms with Crippen LogP contribution < -0.4 is 0 Å². The monoisotopic (exact) mass is 378 g/mol. The highest BCUT2D eigenvalue weighted by Crippen LogP contribution is 2.38. The molecule has 0 aromatic carbocycles. The third kappa shape index (κ3) is 8.00. The van der Waals surface area contributed by atoms with Crippen molar-refractivity contribution < 1.29 is 19.8 Å². The average Bonchev–Trinajstić information content (AvgIpc) is 2.86. The van der Waals surface area contributed by atoms with E-state index < -0.39 is 12.1 Å². The van der Waals surface area contributed by atoms with Gasteiger partial charge in [0.2, 0.25) is 0 Å². The molecule has 4 atom stereocenters. The number of carboxylic acid groups (broad SMARTS) is 1. The highest BCUT2D eigenvalue weighted by atomic mass is 16.4. The zero-order chi connectivity index (χ0) is 20.4. The van der Waals surface area contributed by atoms with Crippen molar-refractivity contribution in [2.45, 2.75) is 85.2 Å². The van der Waals surface area contributed by atoms with E-state index in [4.69, 9.17) is 5.11 Å². The zero-order valence-corrected chi connectivity index (χ0v) is 17.5. The number of rotatable bonds is 12. The minimum absolute atomic E-state index is 0.0297. The molecular weight excluding hydrogens is 340 g/mol. The second-order valence-corrected chi connectivity index (χ2v) is 8.75. The Kier molecular flexibility index (Phi) is 10.00. The molecule has 0 aromatic rings. The SMILES string of the molecule is CCCCC(C)(C)[C@H](O)C=C[C@@H]1[C@H](C)CC(=O)[C@@H]1CC=CCCCC(=O)O. The smallest absolute Gasteiger partial charge is 0.303 e. The molecule has 1 aliphatic rings. The molecule has 27 heavy (non-hydrogen) atoms. The number of unbranched alkanes of at least 4 members (excludes halogenated alkanes) is 2. The molecule has 0 spiro atoms. The minimum atomic E-state index is -0.770. The molecular formula is C23H38O4. The zero-order valence-electron chi connectivity index (χ0n) is 17.5. The molecule has 1 fully saturated rings. The van der Waals surface area contributed by atoms with Crippen LogP contribution in [0.4, 0.5) is 0 Å². The van der Waals surface area contributed by atoms with E-state index in [1.54, 1.807) is 0 Å². The van der Waals surface area contributed by atoms with E-state index in [0.29, 0.717) is 31.0 Å². The van der Waals surface area contributed by atoms with E-state index in [-0.39, 0.29) is 23.7 Å². The molecule has 4 nitrogen and oxygen atoms in total. The maximum atomic E-state index is 12.4. The summed E-state index contributed by atoms with van der Waals surface area (Å²) in [6.07, 6.45) is 13.5. The van der Waals surface area contributed by atoms with Crippen LogP contribution in [0.3, 0.4) is 0 Å². The van der Waals surface area contributed by atoms with Crippen LogP contribution in [0.25, 0.3) is 0 Å². The van der Waals surface area contributed by atoms with Gasteiger partial charge in [0.1, 0.15) is 5.78 Å². The Balaban J connectivity index is 2.63. The van der Waals surface area contributed by atoms with Crippen molar-refractivity contribution in [1.82, 2.24) is 0 Å². The molecule has 2 N–H and O–H groups in total. The van der Waals surface area contributed by atoms with Crippen LogP contribution >= 0.6 is 0 Å². The minimum Gasteiger partial charge on any atom is -0.481 e. The van der Waals surface area contributed by atoms with Gasteiger partial charge >= 0.3 is 5.97 Å². The van der Waals surface area contributed by atoms with Gasteiger partial charge in [-0.15, -0.1) is 0 Å².